The van der Waals surface area contributed by atoms with Gasteiger partial charge in [-0.2, -0.15) is 26.3 Å². The third-order valence-corrected chi connectivity index (χ3v) is 13.6. The summed E-state index contributed by atoms with van der Waals surface area (Å²) in [5.74, 6) is -5.90. The molecule has 0 aromatic carbocycles. The lowest BCUT2D eigenvalue weighted by molar-refractivity contribution is -0.558. The zero-order chi connectivity index (χ0) is 38.5. The van der Waals surface area contributed by atoms with E-state index in [2.05, 4.69) is 13.8 Å². The highest BCUT2D eigenvalue weighted by Crippen LogP contribution is 2.63. The summed E-state index contributed by atoms with van der Waals surface area (Å²) in [6.45, 7) is 7.62. The Labute approximate surface area is 310 Å². The second-order valence-electron chi connectivity index (χ2n) is 17.1. The van der Waals surface area contributed by atoms with E-state index >= 15 is 0 Å². The summed E-state index contributed by atoms with van der Waals surface area (Å²) in [6, 6.07) is 0. The van der Waals surface area contributed by atoms with Crippen molar-refractivity contribution in [2.75, 3.05) is 46.6 Å². The molecular weight excluding hydrogens is 732 g/mol. The SMILES string of the molecule is C[C@@H]1CC[C@H]2C(COCCN(C)CCOCC3=C(C(F)(F)F)O[C@@H]4OC5(C)CCC6[C@H](C)CC[C@@H]3[C@]64OO5)=C(C(F)(F)F)O[C@@H]3OC4(C)CCC1[C@]32OO4. The smallest absolute Gasteiger partial charge is 0.449 e. The highest BCUT2D eigenvalue weighted by atomic mass is 19.4. The maximum atomic E-state index is 14.5. The number of nitrogens with zero attached hydrogens (tertiary/aromatic N) is 1. The van der Waals surface area contributed by atoms with Crippen molar-refractivity contribution in [3.63, 3.8) is 0 Å². The summed E-state index contributed by atoms with van der Waals surface area (Å²) in [5, 5.41) is 0. The van der Waals surface area contributed by atoms with Crippen molar-refractivity contribution in [1.82, 2.24) is 4.90 Å². The van der Waals surface area contributed by atoms with Crippen LogP contribution < -0.4 is 0 Å². The largest absolute Gasteiger partial charge is 0.456 e. The lowest BCUT2D eigenvalue weighted by Crippen LogP contribution is -2.67. The number of rotatable bonds is 10. The topological polar surface area (TPSA) is 95.5 Å². The van der Waals surface area contributed by atoms with Gasteiger partial charge < -0.3 is 33.3 Å². The number of hydrogen-bond donors (Lipinski definition) is 0. The molecule has 6 saturated heterocycles. The number of halogens is 6. The van der Waals surface area contributed by atoms with E-state index in [0.717, 1.165) is 0 Å². The van der Waals surface area contributed by atoms with Crippen LogP contribution in [0.25, 0.3) is 0 Å². The summed E-state index contributed by atoms with van der Waals surface area (Å²) < 4.78 is 122. The first-order chi connectivity index (χ1) is 25.4. The molecule has 0 aromatic rings. The third-order valence-electron chi connectivity index (χ3n) is 13.6. The molecule has 12 atom stereocenters. The standard InChI is InChI=1S/C37H51F6NO10/c1-20-6-8-26-22(28(36(38,39)40)47-30-34(26)24(20)10-12-32(3,49-30)51-53-34)18-45-16-14-44(5)15-17-46-19-23-27-9-7-21(2)25-11-13-33(4)50-31(35(25,27)54-52-33)48-29(23)37(41,42)43/h20-21,24-27,30-31H,6-19H2,1-5H3/t20-,21-,24?,25?,26+,27+,30-,31-,32?,33?,34-,35-/m1/s1. The average molecular weight is 784 g/mol. The van der Waals surface area contributed by atoms with Gasteiger partial charge in [0, 0.05) is 60.7 Å². The van der Waals surface area contributed by atoms with E-state index < -0.39 is 71.1 Å². The molecule has 4 bridgehead atoms. The highest BCUT2D eigenvalue weighted by Gasteiger charge is 2.72. The van der Waals surface area contributed by atoms with Gasteiger partial charge in [0.25, 0.3) is 0 Å². The number of fused-ring (bicyclic) bond motifs is 4. The van der Waals surface area contributed by atoms with E-state index in [1.807, 2.05) is 4.90 Å². The van der Waals surface area contributed by atoms with Gasteiger partial charge in [-0.1, -0.05) is 13.8 Å². The van der Waals surface area contributed by atoms with Crippen LogP contribution in [0.15, 0.2) is 22.7 Å². The molecule has 11 nitrogen and oxygen atoms in total. The Morgan fingerprint density at radius 2 is 1.04 bits per heavy atom. The molecule has 54 heavy (non-hydrogen) atoms. The van der Waals surface area contributed by atoms with Crippen LogP contribution in [0.5, 0.6) is 0 Å². The molecule has 0 N–H and O–H groups in total. The Kier molecular flexibility index (Phi) is 9.94. The number of ether oxygens (including phenoxy) is 6. The van der Waals surface area contributed by atoms with Gasteiger partial charge in [0.15, 0.2) is 11.2 Å². The van der Waals surface area contributed by atoms with Gasteiger partial charge in [-0.25, -0.2) is 19.6 Å². The van der Waals surface area contributed by atoms with Crippen molar-refractivity contribution in [3.8, 4) is 0 Å². The second-order valence-corrected chi connectivity index (χ2v) is 17.1. The molecular formula is C37H51F6NO10. The van der Waals surface area contributed by atoms with Crippen molar-refractivity contribution in [3.05, 3.63) is 22.7 Å². The highest BCUT2D eigenvalue weighted by molar-refractivity contribution is 5.30. The van der Waals surface area contributed by atoms with E-state index in [-0.39, 0.29) is 61.2 Å². The fourth-order valence-corrected chi connectivity index (χ4v) is 10.7. The number of hydrogen-bond acceptors (Lipinski definition) is 11. The Morgan fingerprint density at radius 1 is 0.630 bits per heavy atom. The van der Waals surface area contributed by atoms with Gasteiger partial charge in [-0.15, -0.1) is 0 Å². The fourth-order valence-electron chi connectivity index (χ4n) is 10.7. The molecule has 8 aliphatic heterocycles. The van der Waals surface area contributed by atoms with Gasteiger partial charge in [0.05, 0.1) is 26.4 Å². The molecule has 17 heteroatoms. The van der Waals surface area contributed by atoms with Gasteiger partial charge >= 0.3 is 12.4 Å². The predicted octanol–water partition coefficient (Wildman–Crippen LogP) is 7.08. The van der Waals surface area contributed by atoms with Crippen molar-refractivity contribution in [2.24, 2.45) is 35.5 Å². The molecule has 0 radical (unpaired) electrons. The number of likely N-dealkylation sites (N-methyl/N-ethyl adjacent to an activating group) is 1. The summed E-state index contributed by atoms with van der Waals surface area (Å²) in [5.41, 5.74) is -2.48. The molecule has 0 aromatic heterocycles. The average Bonchev–Trinajstić information content (AvgIpc) is 3.47. The van der Waals surface area contributed by atoms with Crippen LogP contribution in [0.3, 0.4) is 0 Å². The summed E-state index contributed by atoms with van der Waals surface area (Å²) >= 11 is 0. The molecule has 2 spiro atoms. The maximum Gasteiger partial charge on any atom is 0.449 e. The van der Waals surface area contributed by atoms with Gasteiger partial charge in [-0.3, -0.25) is 0 Å². The van der Waals surface area contributed by atoms with Crippen LogP contribution in [0.2, 0.25) is 0 Å². The van der Waals surface area contributed by atoms with E-state index in [1.165, 1.54) is 0 Å². The van der Waals surface area contributed by atoms with Crippen LogP contribution in [-0.2, 0) is 48.0 Å². The minimum atomic E-state index is -4.77. The minimum absolute atomic E-state index is 0.0140. The Hall–Kier alpha value is -1.70. The van der Waals surface area contributed by atoms with E-state index in [1.54, 1.807) is 20.9 Å². The molecule has 4 unspecified atom stereocenters. The van der Waals surface area contributed by atoms with Crippen molar-refractivity contribution in [2.45, 2.75) is 127 Å². The zero-order valence-corrected chi connectivity index (χ0v) is 31.3. The van der Waals surface area contributed by atoms with Gasteiger partial charge in [0.1, 0.15) is 0 Å². The van der Waals surface area contributed by atoms with E-state index in [0.29, 0.717) is 64.5 Å². The quantitative estimate of drug-likeness (QED) is 0.129. The normalized spacial score (nSPS) is 44.4. The summed E-state index contributed by atoms with van der Waals surface area (Å²) in [7, 11) is 1.77. The molecule has 306 valence electrons. The Bertz CT molecular complexity index is 1400. The Balaban J connectivity index is 0.894. The van der Waals surface area contributed by atoms with E-state index in [9.17, 15) is 26.3 Å². The molecule has 8 fully saturated rings. The van der Waals surface area contributed by atoms with E-state index in [4.69, 9.17) is 48.0 Å². The van der Waals surface area contributed by atoms with Crippen molar-refractivity contribution < 1.29 is 74.3 Å². The lowest BCUT2D eigenvalue weighted by Gasteiger charge is -2.57. The first-order valence-electron chi connectivity index (χ1n) is 19.3. The van der Waals surface area contributed by atoms with Crippen molar-refractivity contribution in [1.29, 1.82) is 0 Å². The molecule has 2 saturated carbocycles. The van der Waals surface area contributed by atoms with Crippen LogP contribution in [0.4, 0.5) is 26.3 Å². The first-order valence-corrected chi connectivity index (χ1v) is 19.3. The predicted molar refractivity (Wildman–Crippen MR) is 173 cm³/mol. The molecule has 8 heterocycles. The van der Waals surface area contributed by atoms with Crippen LogP contribution >= 0.6 is 0 Å². The molecule has 0 amide bonds. The fraction of sp³-hybridized carbons (Fsp3) is 0.892. The maximum absolute atomic E-state index is 14.5. The molecule has 10 aliphatic rings. The minimum Gasteiger partial charge on any atom is -0.456 e. The summed E-state index contributed by atoms with van der Waals surface area (Å²) in [6.07, 6.45) is -7.53. The lowest BCUT2D eigenvalue weighted by atomic mass is 9.59. The van der Waals surface area contributed by atoms with Crippen molar-refractivity contribution >= 4 is 0 Å². The molecule has 10 rings (SSSR count). The number of allylic oxidation sites excluding steroid dienone is 2. The first kappa shape index (κ1) is 39.1. The summed E-state index contributed by atoms with van der Waals surface area (Å²) in [4.78, 5) is 25.3. The van der Waals surface area contributed by atoms with Gasteiger partial charge in [-0.05, 0) is 71.3 Å². The van der Waals surface area contributed by atoms with Crippen LogP contribution in [-0.4, -0.2) is 99.2 Å². The Morgan fingerprint density at radius 3 is 1.43 bits per heavy atom. The van der Waals surface area contributed by atoms with Crippen LogP contribution in [0.1, 0.15) is 79.1 Å². The monoisotopic (exact) mass is 783 g/mol. The number of alkyl halides is 6. The van der Waals surface area contributed by atoms with Gasteiger partial charge in [0.2, 0.25) is 35.7 Å². The zero-order valence-electron chi connectivity index (χ0n) is 31.3. The van der Waals surface area contributed by atoms with Crippen LogP contribution in [0, 0.1) is 35.5 Å². The third kappa shape index (κ3) is 6.39. The second kappa shape index (κ2) is 13.7. The molecule has 2 aliphatic carbocycles.